The van der Waals surface area contributed by atoms with Crippen molar-refractivity contribution in [1.82, 2.24) is 15.2 Å². The van der Waals surface area contributed by atoms with E-state index in [0.717, 1.165) is 5.56 Å². The molecule has 2 N–H and O–H groups in total. The molecule has 2 rings (SSSR count). The second kappa shape index (κ2) is 8.75. The quantitative estimate of drug-likeness (QED) is 0.793. The van der Waals surface area contributed by atoms with E-state index >= 15 is 0 Å². The first-order chi connectivity index (χ1) is 12.5. The van der Waals surface area contributed by atoms with Gasteiger partial charge in [-0.05, 0) is 43.7 Å². The van der Waals surface area contributed by atoms with E-state index < -0.39 is 11.9 Å². The number of carbonyl (C=O) groups is 3. The van der Waals surface area contributed by atoms with Gasteiger partial charge in [0.05, 0.1) is 0 Å². The van der Waals surface area contributed by atoms with Crippen LogP contribution in [0.3, 0.4) is 0 Å². The molecule has 0 bridgehead atoms. The normalized spacial score (nSPS) is 10.2. The number of hydrogen-bond acceptors (Lipinski definition) is 4. The number of rotatable bonds is 7. The molecular formula is C19H21N3O4. The Bertz CT molecular complexity index is 799. The molecule has 2 aromatic rings. The van der Waals surface area contributed by atoms with Gasteiger partial charge in [-0.25, -0.2) is 9.78 Å². The first-order valence-electron chi connectivity index (χ1n) is 8.33. The molecule has 1 aromatic heterocycles. The molecule has 1 heterocycles. The minimum Gasteiger partial charge on any atom is -0.477 e. The van der Waals surface area contributed by atoms with Crippen LogP contribution in [0.4, 0.5) is 0 Å². The van der Waals surface area contributed by atoms with E-state index in [1.54, 1.807) is 29.2 Å². The zero-order chi connectivity index (χ0) is 19.1. The number of nitrogens with one attached hydrogen (secondary N) is 1. The van der Waals surface area contributed by atoms with Gasteiger partial charge in [-0.3, -0.25) is 9.59 Å². The molecule has 0 radical (unpaired) electrons. The summed E-state index contributed by atoms with van der Waals surface area (Å²) in [5, 5.41) is 11.6. The van der Waals surface area contributed by atoms with E-state index in [1.807, 2.05) is 13.8 Å². The molecule has 0 fully saturated rings. The molecule has 0 aliphatic rings. The van der Waals surface area contributed by atoms with Crippen molar-refractivity contribution in [3.63, 3.8) is 0 Å². The summed E-state index contributed by atoms with van der Waals surface area (Å²) in [4.78, 5) is 40.8. The lowest BCUT2D eigenvalue weighted by Crippen LogP contribution is -2.30. The highest BCUT2D eigenvalue weighted by atomic mass is 16.4. The smallest absolute Gasteiger partial charge is 0.354 e. The Morgan fingerprint density at radius 3 is 2.19 bits per heavy atom. The van der Waals surface area contributed by atoms with E-state index in [1.165, 1.54) is 18.2 Å². The standard InChI is InChI=1S/C19H21N3O4/c1-3-22(4-2)18(24)14-10-8-13(9-11-14)12-20-17(23)15-6-5-7-16(21-15)19(25)26/h5-11H,3-4,12H2,1-2H3,(H,20,23)(H,25,26). The molecule has 0 saturated heterocycles. The van der Waals surface area contributed by atoms with Crippen molar-refractivity contribution in [2.45, 2.75) is 20.4 Å². The molecule has 0 atom stereocenters. The fourth-order valence-electron chi connectivity index (χ4n) is 2.41. The third-order valence-electron chi connectivity index (χ3n) is 3.91. The fraction of sp³-hybridized carbons (Fsp3) is 0.263. The number of carboxylic acids is 1. The maximum atomic E-state index is 12.3. The maximum absolute atomic E-state index is 12.3. The van der Waals surface area contributed by atoms with Crippen LogP contribution < -0.4 is 5.32 Å². The predicted molar refractivity (Wildman–Crippen MR) is 96.1 cm³/mol. The second-order valence-corrected chi connectivity index (χ2v) is 5.57. The first-order valence-corrected chi connectivity index (χ1v) is 8.33. The van der Waals surface area contributed by atoms with Crippen LogP contribution in [-0.4, -0.2) is 45.9 Å². The molecule has 0 saturated carbocycles. The zero-order valence-electron chi connectivity index (χ0n) is 14.7. The Morgan fingerprint density at radius 1 is 1.00 bits per heavy atom. The van der Waals surface area contributed by atoms with Crippen molar-refractivity contribution in [3.05, 3.63) is 65.0 Å². The lowest BCUT2D eigenvalue weighted by Gasteiger charge is -2.18. The number of nitrogens with zero attached hydrogens (tertiary/aromatic N) is 2. The van der Waals surface area contributed by atoms with Gasteiger partial charge < -0.3 is 15.3 Å². The molecule has 136 valence electrons. The van der Waals surface area contributed by atoms with Crippen LogP contribution in [0.1, 0.15) is 50.7 Å². The van der Waals surface area contributed by atoms with Gasteiger partial charge in [-0.15, -0.1) is 0 Å². The molecule has 7 nitrogen and oxygen atoms in total. The summed E-state index contributed by atoms with van der Waals surface area (Å²) in [6, 6.07) is 11.3. The van der Waals surface area contributed by atoms with Crippen LogP contribution in [0.25, 0.3) is 0 Å². The topological polar surface area (TPSA) is 99.6 Å². The molecule has 0 aliphatic heterocycles. The Labute approximate surface area is 151 Å². The highest BCUT2D eigenvalue weighted by Crippen LogP contribution is 2.08. The minimum absolute atomic E-state index is 0.0275. The SMILES string of the molecule is CCN(CC)C(=O)c1ccc(CNC(=O)c2cccc(C(=O)O)n2)cc1. The van der Waals surface area contributed by atoms with Crippen molar-refractivity contribution in [1.29, 1.82) is 0 Å². The van der Waals surface area contributed by atoms with Gasteiger partial charge in [-0.1, -0.05) is 18.2 Å². The summed E-state index contributed by atoms with van der Waals surface area (Å²) in [5.74, 6) is -1.68. The molecule has 0 aliphatic carbocycles. The molecule has 0 unspecified atom stereocenters. The first kappa shape index (κ1) is 19.1. The summed E-state index contributed by atoms with van der Waals surface area (Å²) < 4.78 is 0. The van der Waals surface area contributed by atoms with Gasteiger partial charge in [0, 0.05) is 25.2 Å². The number of carbonyl (C=O) groups excluding carboxylic acids is 2. The van der Waals surface area contributed by atoms with E-state index in [9.17, 15) is 14.4 Å². The average Bonchev–Trinajstić information content (AvgIpc) is 2.67. The molecule has 2 amide bonds. The van der Waals surface area contributed by atoms with Crippen molar-refractivity contribution in [2.24, 2.45) is 0 Å². The van der Waals surface area contributed by atoms with Crippen LogP contribution in [0.2, 0.25) is 0 Å². The Hall–Kier alpha value is -3.22. The molecule has 26 heavy (non-hydrogen) atoms. The lowest BCUT2D eigenvalue weighted by atomic mass is 10.1. The van der Waals surface area contributed by atoms with E-state index in [2.05, 4.69) is 10.3 Å². The number of aromatic carboxylic acids is 1. The number of amides is 2. The monoisotopic (exact) mass is 355 g/mol. The summed E-state index contributed by atoms with van der Waals surface area (Å²) in [5.41, 5.74) is 1.28. The number of hydrogen-bond donors (Lipinski definition) is 2. The third kappa shape index (κ3) is 4.66. The Balaban J connectivity index is 1.99. The van der Waals surface area contributed by atoms with Crippen molar-refractivity contribution in [2.75, 3.05) is 13.1 Å². The van der Waals surface area contributed by atoms with Crippen LogP contribution in [0.15, 0.2) is 42.5 Å². The molecule has 1 aromatic carbocycles. The largest absolute Gasteiger partial charge is 0.477 e. The fourth-order valence-corrected chi connectivity index (χ4v) is 2.41. The maximum Gasteiger partial charge on any atom is 0.354 e. The van der Waals surface area contributed by atoms with Crippen LogP contribution in [0, 0.1) is 0 Å². The third-order valence-corrected chi connectivity index (χ3v) is 3.91. The summed E-state index contributed by atoms with van der Waals surface area (Å²) in [7, 11) is 0. The van der Waals surface area contributed by atoms with Crippen molar-refractivity contribution < 1.29 is 19.5 Å². The number of carboxylic acid groups (broad SMARTS) is 1. The van der Waals surface area contributed by atoms with E-state index in [4.69, 9.17) is 5.11 Å². The summed E-state index contributed by atoms with van der Waals surface area (Å²) in [6.45, 7) is 5.40. The van der Waals surface area contributed by atoms with Gasteiger partial charge >= 0.3 is 5.97 Å². The van der Waals surface area contributed by atoms with Gasteiger partial charge in [-0.2, -0.15) is 0 Å². The summed E-state index contributed by atoms with van der Waals surface area (Å²) >= 11 is 0. The predicted octanol–water partition coefficient (Wildman–Crippen LogP) is 2.19. The lowest BCUT2D eigenvalue weighted by molar-refractivity contribution is 0.0689. The number of benzene rings is 1. The van der Waals surface area contributed by atoms with Crippen LogP contribution in [0.5, 0.6) is 0 Å². The van der Waals surface area contributed by atoms with Crippen molar-refractivity contribution in [3.8, 4) is 0 Å². The average molecular weight is 355 g/mol. The van der Waals surface area contributed by atoms with E-state index in [0.29, 0.717) is 18.7 Å². The zero-order valence-corrected chi connectivity index (χ0v) is 14.7. The minimum atomic E-state index is -1.19. The van der Waals surface area contributed by atoms with Crippen molar-refractivity contribution >= 4 is 17.8 Å². The van der Waals surface area contributed by atoms with Gasteiger partial charge in [0.25, 0.3) is 11.8 Å². The highest BCUT2D eigenvalue weighted by Gasteiger charge is 2.13. The second-order valence-electron chi connectivity index (χ2n) is 5.57. The summed E-state index contributed by atoms with van der Waals surface area (Å²) in [6.07, 6.45) is 0. The van der Waals surface area contributed by atoms with Crippen LogP contribution in [-0.2, 0) is 6.54 Å². The van der Waals surface area contributed by atoms with Gasteiger partial charge in [0.1, 0.15) is 11.4 Å². The molecule has 7 heteroatoms. The molecular weight excluding hydrogens is 334 g/mol. The van der Waals surface area contributed by atoms with Gasteiger partial charge in [0.2, 0.25) is 0 Å². The Morgan fingerprint density at radius 2 is 1.62 bits per heavy atom. The number of aromatic nitrogens is 1. The van der Waals surface area contributed by atoms with Gasteiger partial charge in [0.15, 0.2) is 0 Å². The highest BCUT2D eigenvalue weighted by molar-refractivity contribution is 5.95. The molecule has 0 spiro atoms. The number of pyridine rings is 1. The van der Waals surface area contributed by atoms with Crippen LogP contribution >= 0.6 is 0 Å². The Kier molecular flexibility index (Phi) is 6.43. The van der Waals surface area contributed by atoms with E-state index in [-0.39, 0.29) is 23.8 Å².